The Labute approximate surface area is 122 Å². The van der Waals surface area contributed by atoms with Gasteiger partial charge in [-0.05, 0) is 16.7 Å². The van der Waals surface area contributed by atoms with E-state index >= 15 is 0 Å². The molecule has 0 aromatic heterocycles. The van der Waals surface area contributed by atoms with Gasteiger partial charge in [-0.1, -0.05) is 54.6 Å². The molecule has 0 aliphatic carbocycles. The van der Waals surface area contributed by atoms with Crippen molar-refractivity contribution in [3.63, 3.8) is 0 Å². The molecule has 108 valence electrons. The van der Waals surface area contributed by atoms with Crippen molar-refractivity contribution in [2.24, 2.45) is 0 Å². The normalized spacial score (nSPS) is 18.5. The van der Waals surface area contributed by atoms with Gasteiger partial charge in [-0.3, -0.25) is 4.79 Å². The number of carbonyl (C=O) groups excluding carboxylic acids is 1. The second-order valence-electron chi connectivity index (χ2n) is 4.92. The highest BCUT2D eigenvalue weighted by molar-refractivity contribution is 7.50. The summed E-state index contributed by atoms with van der Waals surface area (Å²) in [5.74, 6) is -0.517. The standard InChI is InChI=1S/C15H14NO4P/c17-15-10-14(16(15)21(18,19)20)13-9-5-4-8-12(13)11-6-2-1-3-7-11/h1-9,14H,10H2,(H2,18,19,20). The van der Waals surface area contributed by atoms with Crippen molar-refractivity contribution in [2.45, 2.75) is 12.5 Å². The minimum absolute atomic E-state index is 0.120. The van der Waals surface area contributed by atoms with Gasteiger partial charge >= 0.3 is 7.75 Å². The second kappa shape index (κ2) is 5.11. The molecule has 2 aromatic rings. The molecule has 1 aliphatic heterocycles. The smallest absolute Gasteiger partial charge is 0.308 e. The van der Waals surface area contributed by atoms with E-state index in [1.54, 1.807) is 0 Å². The van der Waals surface area contributed by atoms with Crippen LogP contribution in [0.2, 0.25) is 0 Å². The molecule has 0 bridgehead atoms. The van der Waals surface area contributed by atoms with Crippen LogP contribution in [-0.4, -0.2) is 20.4 Å². The van der Waals surface area contributed by atoms with Crippen LogP contribution in [0.15, 0.2) is 54.6 Å². The molecule has 0 spiro atoms. The Morgan fingerprint density at radius 2 is 1.62 bits per heavy atom. The molecular weight excluding hydrogens is 289 g/mol. The molecule has 2 N–H and O–H groups in total. The van der Waals surface area contributed by atoms with Gasteiger partial charge in [0.1, 0.15) is 0 Å². The highest BCUT2D eigenvalue weighted by Crippen LogP contribution is 2.54. The molecule has 1 atom stereocenters. The fourth-order valence-corrected chi connectivity index (χ4v) is 3.58. The number of nitrogens with zero attached hydrogens (tertiary/aromatic N) is 1. The van der Waals surface area contributed by atoms with E-state index in [4.69, 9.17) is 0 Å². The predicted octanol–water partition coefficient (Wildman–Crippen LogP) is 2.72. The fraction of sp³-hybridized carbons (Fsp3) is 0.133. The Balaban J connectivity index is 2.05. The third-order valence-corrected chi connectivity index (χ3v) is 4.67. The summed E-state index contributed by atoms with van der Waals surface area (Å²) in [4.78, 5) is 30.2. The predicted molar refractivity (Wildman–Crippen MR) is 78.1 cm³/mol. The summed E-state index contributed by atoms with van der Waals surface area (Å²) in [5.41, 5.74) is 2.60. The van der Waals surface area contributed by atoms with Gasteiger partial charge in [0.2, 0.25) is 5.91 Å². The van der Waals surface area contributed by atoms with E-state index in [1.807, 2.05) is 54.6 Å². The number of carbonyl (C=O) groups is 1. The fourth-order valence-electron chi connectivity index (χ4n) is 2.64. The van der Waals surface area contributed by atoms with Gasteiger partial charge in [-0.15, -0.1) is 0 Å². The zero-order chi connectivity index (χ0) is 15.0. The van der Waals surface area contributed by atoms with Gasteiger partial charge in [0, 0.05) is 0 Å². The van der Waals surface area contributed by atoms with Gasteiger partial charge in [0.25, 0.3) is 0 Å². The monoisotopic (exact) mass is 303 g/mol. The van der Waals surface area contributed by atoms with E-state index in [0.717, 1.165) is 16.7 Å². The Kier molecular flexibility index (Phi) is 3.41. The first kappa shape index (κ1) is 14.0. The molecular formula is C15H14NO4P. The van der Waals surface area contributed by atoms with E-state index in [1.165, 1.54) is 0 Å². The average molecular weight is 303 g/mol. The van der Waals surface area contributed by atoms with Gasteiger partial charge in [-0.2, -0.15) is 0 Å². The van der Waals surface area contributed by atoms with E-state index < -0.39 is 19.7 Å². The van der Waals surface area contributed by atoms with E-state index in [0.29, 0.717) is 4.67 Å². The number of benzene rings is 2. The van der Waals surface area contributed by atoms with Crippen molar-refractivity contribution in [1.29, 1.82) is 0 Å². The van der Waals surface area contributed by atoms with Gasteiger partial charge in [-0.25, -0.2) is 9.24 Å². The van der Waals surface area contributed by atoms with Gasteiger partial charge < -0.3 is 9.79 Å². The van der Waals surface area contributed by atoms with Crippen LogP contribution in [0.5, 0.6) is 0 Å². The topological polar surface area (TPSA) is 77.8 Å². The SMILES string of the molecule is O=C1CC(c2ccccc2-c2ccccc2)N1P(=O)(O)O. The largest absolute Gasteiger partial charge is 0.432 e. The molecule has 6 heteroatoms. The number of β-lactam (4-membered cyclic amide) rings is 1. The number of hydrogen-bond donors (Lipinski definition) is 2. The van der Waals surface area contributed by atoms with Crippen LogP contribution in [0.4, 0.5) is 0 Å². The van der Waals surface area contributed by atoms with Crippen molar-refractivity contribution in [3.05, 3.63) is 60.2 Å². The van der Waals surface area contributed by atoms with Crippen molar-refractivity contribution < 1.29 is 19.1 Å². The van der Waals surface area contributed by atoms with E-state index in [2.05, 4.69) is 0 Å². The summed E-state index contributed by atoms with van der Waals surface area (Å²) in [7, 11) is -4.58. The average Bonchev–Trinajstić information content (AvgIpc) is 2.44. The molecule has 1 saturated heterocycles. The van der Waals surface area contributed by atoms with Crippen molar-refractivity contribution in [1.82, 2.24) is 4.67 Å². The highest BCUT2D eigenvalue weighted by Gasteiger charge is 2.47. The number of rotatable bonds is 3. The maximum Gasteiger partial charge on any atom is 0.432 e. The van der Waals surface area contributed by atoms with Gasteiger partial charge in [0.15, 0.2) is 0 Å². The first-order valence-electron chi connectivity index (χ1n) is 6.51. The third kappa shape index (κ3) is 2.51. The van der Waals surface area contributed by atoms with Gasteiger partial charge in [0.05, 0.1) is 12.5 Å². The van der Waals surface area contributed by atoms with E-state index in [9.17, 15) is 19.1 Å². The maximum atomic E-state index is 11.5. The lowest BCUT2D eigenvalue weighted by Gasteiger charge is -2.40. The third-order valence-electron chi connectivity index (χ3n) is 3.60. The molecule has 21 heavy (non-hydrogen) atoms. The number of amides is 1. The summed E-state index contributed by atoms with van der Waals surface area (Å²) in [6.45, 7) is 0. The van der Waals surface area contributed by atoms with E-state index in [-0.39, 0.29) is 6.42 Å². The molecule has 0 radical (unpaired) electrons. The quantitative estimate of drug-likeness (QED) is 0.675. The molecule has 3 rings (SSSR count). The summed E-state index contributed by atoms with van der Waals surface area (Å²) >= 11 is 0. The first-order valence-corrected chi connectivity index (χ1v) is 8.07. The Morgan fingerprint density at radius 1 is 1.00 bits per heavy atom. The molecule has 1 heterocycles. The van der Waals surface area contributed by atoms with Crippen LogP contribution in [0, 0.1) is 0 Å². The maximum absolute atomic E-state index is 11.5. The van der Waals surface area contributed by atoms with Crippen LogP contribution in [0.3, 0.4) is 0 Å². The van der Waals surface area contributed by atoms with Crippen molar-refractivity contribution >= 4 is 13.7 Å². The molecule has 0 saturated carbocycles. The Bertz CT molecular complexity index is 725. The lowest BCUT2D eigenvalue weighted by molar-refractivity contribution is -0.139. The first-order chi connectivity index (χ1) is 9.98. The molecule has 2 aromatic carbocycles. The zero-order valence-corrected chi connectivity index (χ0v) is 12.0. The minimum Gasteiger partial charge on any atom is -0.308 e. The van der Waals surface area contributed by atoms with Crippen molar-refractivity contribution in [2.75, 3.05) is 0 Å². The Morgan fingerprint density at radius 3 is 2.24 bits per heavy atom. The summed E-state index contributed by atoms with van der Waals surface area (Å²) in [6.07, 6.45) is 0.120. The lowest BCUT2D eigenvalue weighted by Crippen LogP contribution is -2.43. The molecule has 1 fully saturated rings. The van der Waals surface area contributed by atoms with Crippen molar-refractivity contribution in [3.8, 4) is 11.1 Å². The number of hydrogen-bond acceptors (Lipinski definition) is 2. The summed E-state index contributed by atoms with van der Waals surface area (Å²) in [6, 6.07) is 16.4. The summed E-state index contributed by atoms with van der Waals surface area (Å²) < 4.78 is 12.1. The zero-order valence-electron chi connectivity index (χ0n) is 11.1. The van der Waals surface area contributed by atoms with Crippen LogP contribution in [0.1, 0.15) is 18.0 Å². The minimum atomic E-state index is -4.58. The van der Waals surface area contributed by atoms with Crippen LogP contribution < -0.4 is 0 Å². The van der Waals surface area contributed by atoms with Crippen LogP contribution in [-0.2, 0) is 9.36 Å². The molecule has 1 amide bonds. The van der Waals surface area contributed by atoms with Crippen LogP contribution in [0.25, 0.3) is 11.1 Å². The molecule has 1 unspecified atom stereocenters. The molecule has 1 aliphatic rings. The molecule has 5 nitrogen and oxygen atoms in total. The van der Waals surface area contributed by atoms with Crippen LogP contribution >= 0.6 is 7.75 Å². The highest BCUT2D eigenvalue weighted by atomic mass is 31.2. The Hall–Kier alpha value is -1.94. The lowest BCUT2D eigenvalue weighted by atomic mass is 9.90. The second-order valence-corrected chi connectivity index (χ2v) is 6.38. The summed E-state index contributed by atoms with van der Waals surface area (Å²) in [5, 5.41) is 0.